The Bertz CT molecular complexity index is 721. The Morgan fingerprint density at radius 1 is 1.17 bits per heavy atom. The van der Waals surface area contributed by atoms with Crippen LogP contribution in [-0.2, 0) is 12.8 Å². The molecule has 0 amide bonds. The summed E-state index contributed by atoms with van der Waals surface area (Å²) < 4.78 is 18.7. The third-order valence-corrected chi connectivity index (χ3v) is 3.84. The van der Waals surface area contributed by atoms with Gasteiger partial charge in [-0.25, -0.2) is 9.38 Å². The van der Waals surface area contributed by atoms with Gasteiger partial charge in [0.05, 0.1) is 6.54 Å². The Morgan fingerprint density at radius 3 is 2.79 bits per heavy atom. The SMILES string of the molecule is I.NC(=NCCOc1ccccc1F)Nc1ccc2c(c1)CCC2. The van der Waals surface area contributed by atoms with Gasteiger partial charge in [0, 0.05) is 5.69 Å². The van der Waals surface area contributed by atoms with Crippen molar-refractivity contribution < 1.29 is 9.13 Å². The smallest absolute Gasteiger partial charge is 0.193 e. The highest BCUT2D eigenvalue weighted by Gasteiger charge is 2.10. The van der Waals surface area contributed by atoms with E-state index in [1.807, 2.05) is 6.07 Å². The Hall–Kier alpha value is -1.83. The van der Waals surface area contributed by atoms with Crippen LogP contribution in [0.2, 0.25) is 0 Å². The number of rotatable bonds is 5. The summed E-state index contributed by atoms with van der Waals surface area (Å²) in [6.07, 6.45) is 3.50. The maximum atomic E-state index is 13.4. The molecule has 0 aromatic heterocycles. The number of nitrogens with one attached hydrogen (secondary N) is 1. The van der Waals surface area contributed by atoms with Crippen LogP contribution in [0.3, 0.4) is 0 Å². The van der Waals surface area contributed by atoms with Crippen molar-refractivity contribution in [3.05, 3.63) is 59.4 Å². The molecular weight excluding hydrogens is 420 g/mol. The van der Waals surface area contributed by atoms with Gasteiger partial charge in [-0.15, -0.1) is 24.0 Å². The highest BCUT2D eigenvalue weighted by Crippen LogP contribution is 2.24. The van der Waals surface area contributed by atoms with Gasteiger partial charge >= 0.3 is 0 Å². The van der Waals surface area contributed by atoms with Gasteiger partial charge in [0.15, 0.2) is 17.5 Å². The van der Waals surface area contributed by atoms with Crippen molar-refractivity contribution in [1.82, 2.24) is 0 Å². The number of benzene rings is 2. The molecular formula is C18H21FIN3O. The second-order valence-corrected chi connectivity index (χ2v) is 5.51. The predicted octanol–water partition coefficient (Wildman–Crippen LogP) is 3.74. The minimum absolute atomic E-state index is 0. The Kier molecular flexibility index (Phi) is 6.84. The van der Waals surface area contributed by atoms with Crippen LogP contribution in [0, 0.1) is 5.82 Å². The zero-order chi connectivity index (χ0) is 16.1. The van der Waals surface area contributed by atoms with Gasteiger partial charge < -0.3 is 15.8 Å². The summed E-state index contributed by atoms with van der Waals surface area (Å²) in [6, 6.07) is 12.6. The largest absolute Gasteiger partial charge is 0.489 e. The van der Waals surface area contributed by atoms with E-state index in [9.17, 15) is 4.39 Å². The van der Waals surface area contributed by atoms with Crippen molar-refractivity contribution in [2.45, 2.75) is 19.3 Å². The molecule has 0 radical (unpaired) electrons. The summed E-state index contributed by atoms with van der Waals surface area (Å²) in [5.74, 6) is 0.189. The van der Waals surface area contributed by atoms with Crippen molar-refractivity contribution in [2.75, 3.05) is 18.5 Å². The van der Waals surface area contributed by atoms with Crippen LogP contribution in [0.1, 0.15) is 17.5 Å². The van der Waals surface area contributed by atoms with Crippen LogP contribution in [0.4, 0.5) is 10.1 Å². The number of guanidine groups is 1. The van der Waals surface area contributed by atoms with Crippen LogP contribution < -0.4 is 15.8 Å². The molecule has 3 rings (SSSR count). The number of hydrogen-bond donors (Lipinski definition) is 2. The molecule has 1 aliphatic carbocycles. The first-order chi connectivity index (χ1) is 11.2. The van der Waals surface area contributed by atoms with Gasteiger partial charge in [-0.3, -0.25) is 0 Å². The van der Waals surface area contributed by atoms with E-state index in [0.717, 1.165) is 18.5 Å². The van der Waals surface area contributed by atoms with Crippen LogP contribution in [0.25, 0.3) is 0 Å². The monoisotopic (exact) mass is 441 g/mol. The molecule has 0 heterocycles. The fourth-order valence-corrected chi connectivity index (χ4v) is 2.72. The fourth-order valence-electron chi connectivity index (χ4n) is 2.72. The first kappa shape index (κ1) is 18.5. The van der Waals surface area contributed by atoms with E-state index in [0.29, 0.717) is 12.5 Å². The van der Waals surface area contributed by atoms with Crippen molar-refractivity contribution in [3.8, 4) is 5.75 Å². The van der Waals surface area contributed by atoms with Crippen molar-refractivity contribution in [2.24, 2.45) is 10.7 Å². The lowest BCUT2D eigenvalue weighted by molar-refractivity contribution is 0.311. The lowest BCUT2D eigenvalue weighted by Gasteiger charge is -2.08. The minimum Gasteiger partial charge on any atom is -0.489 e. The maximum Gasteiger partial charge on any atom is 0.193 e. The predicted molar refractivity (Wildman–Crippen MR) is 106 cm³/mol. The van der Waals surface area contributed by atoms with E-state index in [4.69, 9.17) is 10.5 Å². The van der Waals surface area contributed by atoms with Crippen LogP contribution in [-0.4, -0.2) is 19.1 Å². The molecule has 6 heteroatoms. The maximum absolute atomic E-state index is 13.4. The minimum atomic E-state index is -0.374. The average Bonchev–Trinajstić information content (AvgIpc) is 3.01. The third kappa shape index (κ3) is 4.83. The third-order valence-electron chi connectivity index (χ3n) is 3.84. The van der Waals surface area contributed by atoms with Crippen molar-refractivity contribution in [3.63, 3.8) is 0 Å². The number of aliphatic imine (C=N–C) groups is 1. The van der Waals surface area contributed by atoms with E-state index in [1.165, 1.54) is 23.6 Å². The van der Waals surface area contributed by atoms with Gasteiger partial charge in [0.25, 0.3) is 0 Å². The normalized spacial score (nSPS) is 13.1. The molecule has 1 aliphatic rings. The number of nitrogens with two attached hydrogens (primary N) is 1. The number of hydrogen-bond acceptors (Lipinski definition) is 2. The van der Waals surface area contributed by atoms with Gasteiger partial charge in [0.2, 0.25) is 0 Å². The number of halogens is 2. The summed E-state index contributed by atoms with van der Waals surface area (Å²) in [5, 5.41) is 3.08. The lowest BCUT2D eigenvalue weighted by atomic mass is 10.1. The number of fused-ring (bicyclic) bond motifs is 1. The molecule has 4 nitrogen and oxygen atoms in total. The molecule has 0 fully saturated rings. The number of anilines is 1. The zero-order valence-corrected chi connectivity index (χ0v) is 15.6. The quantitative estimate of drug-likeness (QED) is 0.322. The second-order valence-electron chi connectivity index (χ2n) is 5.51. The van der Waals surface area contributed by atoms with Gasteiger partial charge in [-0.1, -0.05) is 18.2 Å². The second kappa shape index (κ2) is 8.86. The molecule has 0 spiro atoms. The molecule has 0 saturated heterocycles. The molecule has 0 atom stereocenters. The van der Waals surface area contributed by atoms with E-state index in [2.05, 4.69) is 22.4 Å². The molecule has 0 saturated carbocycles. The Balaban J connectivity index is 0.00000208. The van der Waals surface area contributed by atoms with Crippen molar-refractivity contribution >= 4 is 35.6 Å². The molecule has 0 aliphatic heterocycles. The van der Waals surface area contributed by atoms with E-state index < -0.39 is 0 Å². The Labute approximate surface area is 158 Å². The van der Waals surface area contributed by atoms with Gasteiger partial charge in [-0.05, 0) is 54.7 Å². The first-order valence-electron chi connectivity index (χ1n) is 7.78. The molecule has 3 N–H and O–H groups in total. The number of ether oxygens (including phenoxy) is 1. The first-order valence-corrected chi connectivity index (χ1v) is 7.78. The van der Waals surface area contributed by atoms with E-state index in [-0.39, 0.29) is 42.2 Å². The Morgan fingerprint density at radius 2 is 1.96 bits per heavy atom. The molecule has 2 aromatic rings. The fraction of sp³-hybridized carbons (Fsp3) is 0.278. The highest BCUT2D eigenvalue weighted by atomic mass is 127. The molecule has 0 unspecified atom stereocenters. The molecule has 0 bridgehead atoms. The molecule has 24 heavy (non-hydrogen) atoms. The average molecular weight is 441 g/mol. The number of nitrogens with zero attached hydrogens (tertiary/aromatic N) is 1. The number of para-hydroxylation sites is 1. The van der Waals surface area contributed by atoms with E-state index >= 15 is 0 Å². The summed E-state index contributed by atoms with van der Waals surface area (Å²) in [7, 11) is 0. The highest BCUT2D eigenvalue weighted by molar-refractivity contribution is 14.0. The van der Waals surface area contributed by atoms with Crippen LogP contribution >= 0.6 is 24.0 Å². The van der Waals surface area contributed by atoms with E-state index in [1.54, 1.807) is 18.2 Å². The van der Waals surface area contributed by atoms with Gasteiger partial charge in [0.1, 0.15) is 6.61 Å². The summed E-state index contributed by atoms with van der Waals surface area (Å²) in [6.45, 7) is 0.631. The zero-order valence-electron chi connectivity index (χ0n) is 13.3. The van der Waals surface area contributed by atoms with Crippen molar-refractivity contribution in [1.29, 1.82) is 0 Å². The molecule has 128 valence electrons. The van der Waals surface area contributed by atoms with Crippen LogP contribution in [0.15, 0.2) is 47.5 Å². The lowest BCUT2D eigenvalue weighted by Crippen LogP contribution is -2.23. The standard InChI is InChI=1S/C18H20FN3O.HI/c19-16-6-1-2-7-17(16)23-11-10-21-18(20)22-15-9-8-13-4-3-5-14(13)12-15;/h1-2,6-9,12H,3-5,10-11H2,(H3,20,21,22);1H. The van der Waals surface area contributed by atoms with Gasteiger partial charge in [-0.2, -0.15) is 0 Å². The molecule has 2 aromatic carbocycles. The number of aryl methyl sites for hydroxylation is 2. The topological polar surface area (TPSA) is 59.6 Å². The summed E-state index contributed by atoms with van der Waals surface area (Å²) >= 11 is 0. The summed E-state index contributed by atoms with van der Waals surface area (Å²) in [5.41, 5.74) is 9.62. The summed E-state index contributed by atoms with van der Waals surface area (Å²) in [4.78, 5) is 4.19. The van der Waals surface area contributed by atoms with Crippen LogP contribution in [0.5, 0.6) is 5.75 Å².